The van der Waals surface area contributed by atoms with Gasteiger partial charge >= 0.3 is 0 Å². The van der Waals surface area contributed by atoms with Crippen LogP contribution in [-0.2, 0) is 4.74 Å². The Morgan fingerprint density at radius 2 is 2.10 bits per heavy atom. The van der Waals surface area contributed by atoms with E-state index in [1.807, 2.05) is 6.07 Å². The molecule has 2 aromatic rings. The topological polar surface area (TPSA) is 67.7 Å². The number of hydrogen-bond acceptors (Lipinski definition) is 6. The van der Waals surface area contributed by atoms with Gasteiger partial charge in [0.1, 0.15) is 5.75 Å². The predicted octanol–water partition coefficient (Wildman–Crippen LogP) is 1.69. The van der Waals surface area contributed by atoms with Crippen LogP contribution < -0.4 is 9.64 Å². The Kier molecular flexibility index (Phi) is 3.87. The molecule has 1 aliphatic heterocycles. The second-order valence-corrected chi connectivity index (χ2v) is 4.74. The molecule has 3 rings (SSSR count). The van der Waals surface area contributed by atoms with Crippen molar-refractivity contribution < 1.29 is 14.6 Å². The monoisotopic (exact) mass is 287 g/mol. The van der Waals surface area contributed by atoms with E-state index in [1.165, 1.54) is 0 Å². The van der Waals surface area contributed by atoms with E-state index in [0.29, 0.717) is 24.8 Å². The summed E-state index contributed by atoms with van der Waals surface area (Å²) in [5, 5.41) is 9.59. The highest BCUT2D eigenvalue weighted by Gasteiger charge is 2.18. The fraction of sp³-hybridized carbons (Fsp3) is 0.333. The van der Waals surface area contributed by atoms with Crippen molar-refractivity contribution in [1.29, 1.82) is 0 Å². The maximum absolute atomic E-state index is 9.59. The molecule has 2 heterocycles. The van der Waals surface area contributed by atoms with Gasteiger partial charge in [0.15, 0.2) is 17.4 Å². The number of phenols is 1. The standard InChI is InChI=1S/C15H17N3O3/c1-20-13-10-16-14(11-3-2-4-12(19)9-11)17-15(13)18-5-7-21-8-6-18/h2-4,9-10,19H,5-8H2,1H3. The molecule has 0 radical (unpaired) electrons. The summed E-state index contributed by atoms with van der Waals surface area (Å²) in [6.45, 7) is 2.89. The quantitative estimate of drug-likeness (QED) is 0.926. The lowest BCUT2D eigenvalue weighted by Gasteiger charge is -2.28. The molecule has 21 heavy (non-hydrogen) atoms. The van der Waals surface area contributed by atoms with Gasteiger partial charge in [-0.1, -0.05) is 12.1 Å². The van der Waals surface area contributed by atoms with E-state index < -0.39 is 0 Å². The third-order valence-electron chi connectivity index (χ3n) is 3.37. The van der Waals surface area contributed by atoms with E-state index >= 15 is 0 Å². The Labute approximate surface area is 123 Å². The van der Waals surface area contributed by atoms with Gasteiger partial charge in [0, 0.05) is 18.7 Å². The number of aromatic hydroxyl groups is 1. The van der Waals surface area contributed by atoms with Gasteiger partial charge in [0.2, 0.25) is 0 Å². The van der Waals surface area contributed by atoms with Gasteiger partial charge in [0.05, 0.1) is 26.5 Å². The first-order chi connectivity index (χ1) is 10.3. The van der Waals surface area contributed by atoms with E-state index in [9.17, 15) is 5.11 Å². The van der Waals surface area contributed by atoms with Crippen molar-refractivity contribution in [3.63, 3.8) is 0 Å². The number of rotatable bonds is 3. The lowest BCUT2D eigenvalue weighted by molar-refractivity contribution is 0.122. The molecule has 110 valence electrons. The van der Waals surface area contributed by atoms with E-state index in [1.54, 1.807) is 31.5 Å². The number of phenolic OH excluding ortho intramolecular Hbond substituents is 1. The van der Waals surface area contributed by atoms with Crippen LogP contribution in [0, 0.1) is 0 Å². The summed E-state index contributed by atoms with van der Waals surface area (Å²) in [7, 11) is 1.61. The minimum atomic E-state index is 0.194. The number of methoxy groups -OCH3 is 1. The number of nitrogens with zero attached hydrogens (tertiary/aromatic N) is 3. The zero-order chi connectivity index (χ0) is 14.7. The van der Waals surface area contributed by atoms with Crippen molar-refractivity contribution in [1.82, 2.24) is 9.97 Å². The Morgan fingerprint density at radius 3 is 2.81 bits per heavy atom. The van der Waals surface area contributed by atoms with Crippen molar-refractivity contribution in [3.8, 4) is 22.9 Å². The molecule has 0 amide bonds. The molecule has 1 aromatic carbocycles. The average molecular weight is 287 g/mol. The van der Waals surface area contributed by atoms with Gasteiger partial charge in [-0.2, -0.15) is 0 Å². The normalized spacial score (nSPS) is 15.0. The highest BCUT2D eigenvalue weighted by Crippen LogP contribution is 2.29. The number of anilines is 1. The maximum Gasteiger partial charge on any atom is 0.179 e. The minimum absolute atomic E-state index is 0.194. The summed E-state index contributed by atoms with van der Waals surface area (Å²) >= 11 is 0. The zero-order valence-corrected chi connectivity index (χ0v) is 11.8. The summed E-state index contributed by atoms with van der Waals surface area (Å²) in [4.78, 5) is 11.0. The third-order valence-corrected chi connectivity index (χ3v) is 3.37. The molecule has 1 fully saturated rings. The molecule has 1 saturated heterocycles. The summed E-state index contributed by atoms with van der Waals surface area (Å²) < 4.78 is 10.7. The van der Waals surface area contributed by atoms with Crippen LogP contribution in [0.4, 0.5) is 5.82 Å². The largest absolute Gasteiger partial charge is 0.508 e. The molecule has 0 bridgehead atoms. The smallest absolute Gasteiger partial charge is 0.179 e. The van der Waals surface area contributed by atoms with Gasteiger partial charge in [-0.15, -0.1) is 0 Å². The summed E-state index contributed by atoms with van der Waals surface area (Å²) in [6, 6.07) is 6.90. The van der Waals surface area contributed by atoms with E-state index in [4.69, 9.17) is 9.47 Å². The highest BCUT2D eigenvalue weighted by atomic mass is 16.5. The molecule has 0 spiro atoms. The second-order valence-electron chi connectivity index (χ2n) is 4.74. The SMILES string of the molecule is COc1cnc(-c2cccc(O)c2)nc1N1CCOCC1. The molecule has 0 saturated carbocycles. The molecular weight excluding hydrogens is 270 g/mol. The Morgan fingerprint density at radius 1 is 1.29 bits per heavy atom. The number of ether oxygens (including phenoxy) is 2. The van der Waals surface area contributed by atoms with Crippen molar-refractivity contribution >= 4 is 5.82 Å². The van der Waals surface area contributed by atoms with Gasteiger partial charge in [-0.3, -0.25) is 0 Å². The fourth-order valence-corrected chi connectivity index (χ4v) is 2.29. The number of aromatic nitrogens is 2. The first-order valence-corrected chi connectivity index (χ1v) is 6.81. The molecule has 0 atom stereocenters. The van der Waals surface area contributed by atoms with Gasteiger partial charge in [0.25, 0.3) is 0 Å². The van der Waals surface area contributed by atoms with Crippen LogP contribution in [0.15, 0.2) is 30.5 Å². The molecule has 6 heteroatoms. The van der Waals surface area contributed by atoms with Crippen LogP contribution in [-0.4, -0.2) is 48.5 Å². The van der Waals surface area contributed by atoms with Gasteiger partial charge < -0.3 is 19.5 Å². The van der Waals surface area contributed by atoms with Crippen LogP contribution in [0.5, 0.6) is 11.5 Å². The summed E-state index contributed by atoms with van der Waals surface area (Å²) in [5.74, 6) is 2.16. The van der Waals surface area contributed by atoms with Crippen LogP contribution in [0.1, 0.15) is 0 Å². The lowest BCUT2D eigenvalue weighted by atomic mass is 10.2. The molecular formula is C15H17N3O3. The van der Waals surface area contributed by atoms with Gasteiger partial charge in [-0.25, -0.2) is 9.97 Å². The molecule has 0 unspecified atom stereocenters. The van der Waals surface area contributed by atoms with Crippen LogP contribution in [0.25, 0.3) is 11.4 Å². The lowest BCUT2D eigenvalue weighted by Crippen LogP contribution is -2.37. The summed E-state index contributed by atoms with van der Waals surface area (Å²) in [5.41, 5.74) is 0.771. The molecule has 1 aliphatic rings. The van der Waals surface area contributed by atoms with Crippen molar-refractivity contribution in [2.75, 3.05) is 38.3 Å². The van der Waals surface area contributed by atoms with Crippen LogP contribution in [0.3, 0.4) is 0 Å². The Hall–Kier alpha value is -2.34. The number of benzene rings is 1. The minimum Gasteiger partial charge on any atom is -0.508 e. The average Bonchev–Trinajstić information content (AvgIpc) is 2.55. The van der Waals surface area contributed by atoms with E-state index in [0.717, 1.165) is 24.5 Å². The first kappa shape index (κ1) is 13.6. The molecule has 0 aliphatic carbocycles. The van der Waals surface area contributed by atoms with Gasteiger partial charge in [-0.05, 0) is 12.1 Å². The van der Waals surface area contributed by atoms with Crippen LogP contribution in [0.2, 0.25) is 0 Å². The Balaban J connectivity index is 1.99. The Bertz CT molecular complexity index is 627. The number of hydrogen-bond donors (Lipinski definition) is 1. The summed E-state index contributed by atoms with van der Waals surface area (Å²) in [6.07, 6.45) is 1.66. The van der Waals surface area contributed by atoms with Crippen molar-refractivity contribution in [3.05, 3.63) is 30.5 Å². The van der Waals surface area contributed by atoms with Crippen molar-refractivity contribution in [2.24, 2.45) is 0 Å². The fourth-order valence-electron chi connectivity index (χ4n) is 2.29. The highest BCUT2D eigenvalue weighted by molar-refractivity contribution is 5.62. The third kappa shape index (κ3) is 2.90. The van der Waals surface area contributed by atoms with Crippen molar-refractivity contribution in [2.45, 2.75) is 0 Å². The molecule has 1 N–H and O–H groups in total. The second kappa shape index (κ2) is 5.97. The van der Waals surface area contributed by atoms with E-state index in [2.05, 4.69) is 14.9 Å². The van der Waals surface area contributed by atoms with E-state index in [-0.39, 0.29) is 5.75 Å². The molecule has 1 aromatic heterocycles. The van der Waals surface area contributed by atoms with Crippen LogP contribution >= 0.6 is 0 Å². The molecule has 6 nitrogen and oxygen atoms in total. The zero-order valence-electron chi connectivity index (χ0n) is 11.8. The maximum atomic E-state index is 9.59. The first-order valence-electron chi connectivity index (χ1n) is 6.81. The number of morpholine rings is 1. The predicted molar refractivity (Wildman–Crippen MR) is 78.7 cm³/mol.